The van der Waals surface area contributed by atoms with Crippen LogP contribution in [-0.4, -0.2) is 72.2 Å². The van der Waals surface area contributed by atoms with E-state index in [1.165, 1.54) is 0 Å². The summed E-state index contributed by atoms with van der Waals surface area (Å²) in [5.41, 5.74) is 2.99. The lowest BCUT2D eigenvalue weighted by Gasteiger charge is -2.26. The van der Waals surface area contributed by atoms with Crippen molar-refractivity contribution < 1.29 is 33.2 Å². The predicted molar refractivity (Wildman–Crippen MR) is 136 cm³/mol. The van der Waals surface area contributed by atoms with Gasteiger partial charge in [-0.05, 0) is 62.3 Å². The highest BCUT2D eigenvalue weighted by Crippen LogP contribution is 2.53. The van der Waals surface area contributed by atoms with Crippen LogP contribution in [0.25, 0.3) is 0 Å². The molecule has 2 aromatic carbocycles. The van der Waals surface area contributed by atoms with Gasteiger partial charge in [0, 0.05) is 29.8 Å². The van der Waals surface area contributed by atoms with Crippen molar-refractivity contribution in [3.05, 3.63) is 41.0 Å². The van der Waals surface area contributed by atoms with Gasteiger partial charge in [0.15, 0.2) is 11.5 Å². The van der Waals surface area contributed by atoms with Gasteiger partial charge >= 0.3 is 0 Å². The van der Waals surface area contributed by atoms with Gasteiger partial charge in [-0.15, -0.1) is 0 Å². The topological polar surface area (TPSA) is 75.7 Å². The van der Waals surface area contributed by atoms with Crippen molar-refractivity contribution in [3.8, 4) is 28.7 Å². The normalized spacial score (nSPS) is 15.4. The van der Waals surface area contributed by atoms with Crippen LogP contribution in [0.1, 0.15) is 40.7 Å². The third kappa shape index (κ3) is 5.48. The van der Waals surface area contributed by atoms with Crippen LogP contribution >= 0.6 is 0 Å². The second-order valence-electron chi connectivity index (χ2n) is 9.14. The molecular weight excluding hydrogens is 462 g/mol. The van der Waals surface area contributed by atoms with E-state index in [1.54, 1.807) is 28.4 Å². The van der Waals surface area contributed by atoms with E-state index in [9.17, 15) is 4.79 Å². The SMILES string of the molecule is COc1c2c(c(OC)c(OC)c1OC)CC(CCCCOc1ccc(C(=O)N3CCOCC3)cc1)C2. The number of hydrogen-bond donors (Lipinski definition) is 0. The quantitative estimate of drug-likeness (QED) is 0.430. The molecule has 0 bridgehead atoms. The maximum Gasteiger partial charge on any atom is 0.254 e. The zero-order chi connectivity index (χ0) is 25.5. The fourth-order valence-electron chi connectivity index (χ4n) is 5.21. The number of carbonyl (C=O) groups excluding carboxylic acids is 1. The van der Waals surface area contributed by atoms with Crippen molar-refractivity contribution in [2.75, 3.05) is 61.3 Å². The first-order valence-corrected chi connectivity index (χ1v) is 12.6. The lowest BCUT2D eigenvalue weighted by atomic mass is 9.99. The summed E-state index contributed by atoms with van der Waals surface area (Å²) in [6.07, 6.45) is 4.96. The molecule has 1 aliphatic heterocycles. The fraction of sp³-hybridized carbons (Fsp3) is 0.536. The summed E-state index contributed by atoms with van der Waals surface area (Å²) in [5.74, 6) is 3.99. The standard InChI is InChI=1S/C28H37NO7/c1-31-24-22-17-19(18-23(22)25(32-2)27(34-4)26(24)33-3)7-5-6-14-36-21-10-8-20(9-11-21)28(30)29-12-15-35-16-13-29/h8-11,19H,5-7,12-18H2,1-4H3. The smallest absolute Gasteiger partial charge is 0.254 e. The Balaban J connectivity index is 1.26. The number of unbranched alkanes of at least 4 members (excludes halogenated alkanes) is 1. The van der Waals surface area contributed by atoms with E-state index in [-0.39, 0.29) is 5.91 Å². The average Bonchev–Trinajstić information content (AvgIpc) is 3.35. The molecule has 1 saturated heterocycles. The maximum absolute atomic E-state index is 12.6. The first kappa shape index (κ1) is 25.9. The van der Waals surface area contributed by atoms with E-state index in [0.29, 0.717) is 55.9 Å². The number of ether oxygens (including phenoxy) is 6. The summed E-state index contributed by atoms with van der Waals surface area (Å²) < 4.78 is 33.9. The number of morpholine rings is 1. The third-order valence-corrected chi connectivity index (χ3v) is 7.01. The Labute approximate surface area is 213 Å². The second kappa shape index (κ2) is 12.2. The van der Waals surface area contributed by atoms with E-state index >= 15 is 0 Å². The lowest BCUT2D eigenvalue weighted by Crippen LogP contribution is -2.40. The molecule has 4 rings (SSSR count). The highest BCUT2D eigenvalue weighted by molar-refractivity contribution is 5.94. The van der Waals surface area contributed by atoms with E-state index < -0.39 is 0 Å². The van der Waals surface area contributed by atoms with Gasteiger partial charge < -0.3 is 33.3 Å². The molecule has 0 spiro atoms. The van der Waals surface area contributed by atoms with Crippen LogP contribution in [0, 0.1) is 5.92 Å². The Morgan fingerprint density at radius 1 is 0.833 bits per heavy atom. The van der Waals surface area contributed by atoms with Gasteiger partial charge in [-0.1, -0.05) is 0 Å². The molecule has 0 radical (unpaired) electrons. The van der Waals surface area contributed by atoms with Gasteiger partial charge in [0.1, 0.15) is 5.75 Å². The van der Waals surface area contributed by atoms with E-state index in [2.05, 4.69) is 0 Å². The summed E-state index contributed by atoms with van der Waals surface area (Å²) in [5, 5.41) is 0. The molecule has 1 amide bonds. The largest absolute Gasteiger partial charge is 0.494 e. The first-order chi connectivity index (χ1) is 17.6. The molecule has 0 N–H and O–H groups in total. The maximum atomic E-state index is 12.6. The van der Waals surface area contributed by atoms with Crippen molar-refractivity contribution in [2.45, 2.75) is 32.1 Å². The molecule has 8 nitrogen and oxygen atoms in total. The molecule has 2 aromatic rings. The molecule has 1 aliphatic carbocycles. The number of carbonyl (C=O) groups is 1. The summed E-state index contributed by atoms with van der Waals surface area (Å²) in [4.78, 5) is 14.4. The van der Waals surface area contributed by atoms with Crippen molar-refractivity contribution in [2.24, 2.45) is 5.92 Å². The van der Waals surface area contributed by atoms with E-state index in [1.807, 2.05) is 29.2 Å². The van der Waals surface area contributed by atoms with Crippen LogP contribution < -0.4 is 23.7 Å². The van der Waals surface area contributed by atoms with Crippen LogP contribution in [0.3, 0.4) is 0 Å². The second-order valence-corrected chi connectivity index (χ2v) is 9.14. The predicted octanol–water partition coefficient (Wildman–Crippen LogP) is 4.16. The highest BCUT2D eigenvalue weighted by Gasteiger charge is 2.33. The number of methoxy groups -OCH3 is 4. The number of rotatable bonds is 11. The minimum Gasteiger partial charge on any atom is -0.494 e. The van der Waals surface area contributed by atoms with E-state index in [4.69, 9.17) is 28.4 Å². The molecular formula is C28H37NO7. The Morgan fingerprint density at radius 2 is 1.39 bits per heavy atom. The summed E-state index contributed by atoms with van der Waals surface area (Å²) in [7, 11) is 6.57. The molecule has 0 unspecified atom stereocenters. The third-order valence-electron chi connectivity index (χ3n) is 7.01. The zero-order valence-electron chi connectivity index (χ0n) is 21.8. The molecule has 1 fully saturated rings. The Morgan fingerprint density at radius 3 is 1.92 bits per heavy atom. The van der Waals surface area contributed by atoms with Crippen LogP contribution in [0.15, 0.2) is 24.3 Å². The van der Waals surface area contributed by atoms with Crippen molar-refractivity contribution in [1.29, 1.82) is 0 Å². The Kier molecular flexibility index (Phi) is 8.80. The van der Waals surface area contributed by atoms with Crippen molar-refractivity contribution >= 4 is 5.91 Å². The molecule has 0 aromatic heterocycles. The molecule has 2 aliphatic rings. The minimum atomic E-state index is 0.0471. The van der Waals surface area contributed by atoms with Gasteiger partial charge in [-0.3, -0.25) is 4.79 Å². The van der Waals surface area contributed by atoms with Gasteiger partial charge in [-0.2, -0.15) is 0 Å². The van der Waals surface area contributed by atoms with Gasteiger partial charge in [0.25, 0.3) is 5.91 Å². The first-order valence-electron chi connectivity index (χ1n) is 12.6. The highest BCUT2D eigenvalue weighted by atomic mass is 16.5. The van der Waals surface area contributed by atoms with Crippen molar-refractivity contribution in [1.82, 2.24) is 4.90 Å². The molecule has 196 valence electrons. The fourth-order valence-corrected chi connectivity index (χ4v) is 5.21. The van der Waals surface area contributed by atoms with Crippen LogP contribution in [-0.2, 0) is 17.6 Å². The molecule has 8 heteroatoms. The lowest BCUT2D eigenvalue weighted by molar-refractivity contribution is 0.0303. The number of nitrogens with zero attached hydrogens (tertiary/aromatic N) is 1. The molecule has 0 atom stereocenters. The number of amides is 1. The zero-order valence-corrected chi connectivity index (χ0v) is 21.8. The molecule has 1 heterocycles. The number of hydrogen-bond acceptors (Lipinski definition) is 7. The average molecular weight is 500 g/mol. The van der Waals surface area contributed by atoms with Crippen LogP contribution in [0.2, 0.25) is 0 Å². The number of benzene rings is 2. The van der Waals surface area contributed by atoms with Crippen LogP contribution in [0.5, 0.6) is 28.7 Å². The Hall–Kier alpha value is -3.13. The van der Waals surface area contributed by atoms with Gasteiger partial charge in [-0.25, -0.2) is 0 Å². The monoisotopic (exact) mass is 499 g/mol. The van der Waals surface area contributed by atoms with Crippen molar-refractivity contribution in [3.63, 3.8) is 0 Å². The molecule has 0 saturated carbocycles. The van der Waals surface area contributed by atoms with Crippen LogP contribution in [0.4, 0.5) is 0 Å². The summed E-state index contributed by atoms with van der Waals surface area (Å²) in [6.45, 7) is 3.13. The summed E-state index contributed by atoms with van der Waals surface area (Å²) in [6, 6.07) is 7.43. The number of fused-ring (bicyclic) bond motifs is 1. The summed E-state index contributed by atoms with van der Waals surface area (Å²) >= 11 is 0. The van der Waals surface area contributed by atoms with Gasteiger partial charge in [0.2, 0.25) is 11.5 Å². The van der Waals surface area contributed by atoms with Gasteiger partial charge in [0.05, 0.1) is 48.3 Å². The Bertz CT molecular complexity index is 990. The molecule has 36 heavy (non-hydrogen) atoms. The van der Waals surface area contributed by atoms with E-state index in [0.717, 1.165) is 60.5 Å². The minimum absolute atomic E-state index is 0.0471.